The molecule has 25 heavy (non-hydrogen) atoms. The number of para-hydroxylation sites is 1. The first-order valence-electron chi connectivity index (χ1n) is 7.94. The molecule has 0 saturated carbocycles. The van der Waals surface area contributed by atoms with E-state index >= 15 is 0 Å². The molecule has 3 heterocycles. The van der Waals surface area contributed by atoms with Crippen molar-refractivity contribution >= 4 is 34.4 Å². The van der Waals surface area contributed by atoms with Gasteiger partial charge in [-0.25, -0.2) is 4.98 Å². The molecule has 0 amide bonds. The van der Waals surface area contributed by atoms with Gasteiger partial charge in [0.15, 0.2) is 10.2 Å². The molecule has 0 saturated heterocycles. The van der Waals surface area contributed by atoms with Crippen LogP contribution >= 0.6 is 34.4 Å². The van der Waals surface area contributed by atoms with Crippen LogP contribution in [0.1, 0.15) is 18.2 Å². The number of rotatable bonds is 5. The van der Waals surface area contributed by atoms with Gasteiger partial charge in [0.05, 0.1) is 10.6 Å². The highest BCUT2D eigenvalue weighted by Gasteiger charge is 2.19. The van der Waals surface area contributed by atoms with E-state index in [1.165, 1.54) is 5.56 Å². The zero-order valence-corrected chi connectivity index (χ0v) is 16.3. The van der Waals surface area contributed by atoms with Gasteiger partial charge in [0.25, 0.3) is 0 Å². The molecule has 4 nitrogen and oxygen atoms in total. The van der Waals surface area contributed by atoms with Gasteiger partial charge in [0, 0.05) is 11.1 Å². The zero-order valence-electron chi connectivity index (χ0n) is 13.8. The van der Waals surface area contributed by atoms with Crippen LogP contribution in [0, 0.1) is 6.92 Å². The van der Waals surface area contributed by atoms with E-state index in [0.29, 0.717) is 0 Å². The molecular formula is C18H16N4S3. The Morgan fingerprint density at radius 3 is 2.68 bits per heavy atom. The van der Waals surface area contributed by atoms with Crippen molar-refractivity contribution in [3.8, 4) is 16.4 Å². The van der Waals surface area contributed by atoms with Crippen molar-refractivity contribution in [1.29, 1.82) is 0 Å². The number of nitrogens with zero attached hydrogens (tertiary/aromatic N) is 4. The van der Waals surface area contributed by atoms with Gasteiger partial charge in [0.1, 0.15) is 0 Å². The lowest BCUT2D eigenvalue weighted by Crippen LogP contribution is -2.02. The topological polar surface area (TPSA) is 43.6 Å². The minimum atomic E-state index is 0.846. The fourth-order valence-electron chi connectivity index (χ4n) is 2.60. The quantitative estimate of drug-likeness (QED) is 0.457. The summed E-state index contributed by atoms with van der Waals surface area (Å²) >= 11 is 4.88. The standard InChI is InChI=1S/C18H16N4S3/c1-3-13-7-4-5-8-14(13)22-16(15-9-6-10-23-15)20-21-17(22)25-18-19-12(2)11-24-18/h4-11H,3H2,1-2H3. The third kappa shape index (κ3) is 3.27. The van der Waals surface area contributed by atoms with E-state index in [1.807, 2.05) is 13.0 Å². The molecule has 0 N–H and O–H groups in total. The highest BCUT2D eigenvalue weighted by atomic mass is 32.2. The molecular weight excluding hydrogens is 368 g/mol. The van der Waals surface area contributed by atoms with Crippen LogP contribution in [0.5, 0.6) is 0 Å². The Morgan fingerprint density at radius 1 is 1.08 bits per heavy atom. The summed E-state index contributed by atoms with van der Waals surface area (Å²) in [7, 11) is 0. The molecule has 4 aromatic rings. The third-order valence-electron chi connectivity index (χ3n) is 3.76. The molecule has 0 radical (unpaired) electrons. The summed E-state index contributed by atoms with van der Waals surface area (Å²) in [6.07, 6.45) is 0.957. The molecule has 7 heteroatoms. The van der Waals surface area contributed by atoms with Gasteiger partial charge in [-0.2, -0.15) is 0 Å². The van der Waals surface area contributed by atoms with E-state index in [0.717, 1.165) is 38.0 Å². The summed E-state index contributed by atoms with van der Waals surface area (Å²) in [5.41, 5.74) is 3.44. The van der Waals surface area contributed by atoms with E-state index < -0.39 is 0 Å². The molecule has 126 valence electrons. The lowest BCUT2D eigenvalue weighted by molar-refractivity contribution is 0.872. The Kier molecular flexibility index (Phi) is 4.70. The first-order chi connectivity index (χ1) is 12.3. The fraction of sp³-hybridized carbons (Fsp3) is 0.167. The molecule has 4 rings (SSSR count). The predicted molar refractivity (Wildman–Crippen MR) is 105 cm³/mol. The highest BCUT2D eigenvalue weighted by molar-refractivity contribution is 8.00. The molecule has 0 aliphatic rings. The van der Waals surface area contributed by atoms with Crippen molar-refractivity contribution in [2.45, 2.75) is 29.8 Å². The minimum Gasteiger partial charge on any atom is -0.269 e. The van der Waals surface area contributed by atoms with Gasteiger partial charge in [-0.15, -0.1) is 32.9 Å². The molecule has 0 unspecified atom stereocenters. The predicted octanol–water partition coefficient (Wildman–Crippen LogP) is 5.47. The Labute approximate surface area is 158 Å². The van der Waals surface area contributed by atoms with Gasteiger partial charge in [-0.3, -0.25) is 4.57 Å². The van der Waals surface area contributed by atoms with Crippen molar-refractivity contribution < 1.29 is 0 Å². The summed E-state index contributed by atoms with van der Waals surface area (Å²) < 4.78 is 3.14. The van der Waals surface area contributed by atoms with Crippen molar-refractivity contribution in [2.24, 2.45) is 0 Å². The summed E-state index contributed by atoms with van der Waals surface area (Å²) in [6, 6.07) is 12.6. The summed E-state index contributed by atoms with van der Waals surface area (Å²) in [5.74, 6) is 0.881. The fourth-order valence-corrected chi connectivity index (χ4v) is 5.09. The number of hydrogen-bond donors (Lipinski definition) is 0. The maximum absolute atomic E-state index is 4.56. The molecule has 0 atom stereocenters. The second-order valence-corrected chi connectivity index (χ2v) is 8.48. The van der Waals surface area contributed by atoms with Crippen LogP contribution in [0.3, 0.4) is 0 Å². The number of aryl methyl sites for hydroxylation is 2. The van der Waals surface area contributed by atoms with Gasteiger partial charge in [-0.1, -0.05) is 31.2 Å². The van der Waals surface area contributed by atoms with Crippen LogP contribution in [0.25, 0.3) is 16.4 Å². The van der Waals surface area contributed by atoms with Crippen LogP contribution < -0.4 is 0 Å². The Balaban J connectivity index is 1.87. The lowest BCUT2D eigenvalue weighted by atomic mass is 10.1. The Morgan fingerprint density at radius 2 is 1.96 bits per heavy atom. The zero-order chi connectivity index (χ0) is 17.2. The van der Waals surface area contributed by atoms with Crippen LogP contribution in [0.2, 0.25) is 0 Å². The molecule has 0 fully saturated rings. The monoisotopic (exact) mass is 384 g/mol. The van der Waals surface area contributed by atoms with Gasteiger partial charge < -0.3 is 0 Å². The van der Waals surface area contributed by atoms with Crippen LogP contribution in [-0.4, -0.2) is 19.7 Å². The van der Waals surface area contributed by atoms with E-state index in [1.54, 1.807) is 34.4 Å². The number of aromatic nitrogens is 4. The number of benzene rings is 1. The first kappa shape index (κ1) is 16.5. The molecule has 3 aromatic heterocycles. The normalized spacial score (nSPS) is 11.1. The van der Waals surface area contributed by atoms with Gasteiger partial charge >= 0.3 is 0 Å². The minimum absolute atomic E-state index is 0.846. The van der Waals surface area contributed by atoms with Crippen LogP contribution in [0.15, 0.2) is 56.7 Å². The van der Waals surface area contributed by atoms with E-state index in [4.69, 9.17) is 0 Å². The van der Waals surface area contributed by atoms with Crippen molar-refractivity contribution in [3.05, 3.63) is 58.4 Å². The summed E-state index contributed by atoms with van der Waals surface area (Å²) in [4.78, 5) is 5.67. The van der Waals surface area contributed by atoms with Gasteiger partial charge in [-0.05, 0) is 48.2 Å². The summed E-state index contributed by atoms with van der Waals surface area (Å²) in [6.45, 7) is 4.18. The molecule has 1 aromatic carbocycles. The smallest absolute Gasteiger partial charge is 0.203 e. The molecule has 0 bridgehead atoms. The van der Waals surface area contributed by atoms with Crippen LogP contribution in [0.4, 0.5) is 0 Å². The average molecular weight is 385 g/mol. The molecule has 0 aliphatic heterocycles. The van der Waals surface area contributed by atoms with E-state index in [2.05, 4.69) is 67.8 Å². The molecule has 0 aliphatic carbocycles. The van der Waals surface area contributed by atoms with Crippen molar-refractivity contribution in [1.82, 2.24) is 19.7 Å². The maximum Gasteiger partial charge on any atom is 0.203 e. The van der Waals surface area contributed by atoms with Gasteiger partial charge in [0.2, 0.25) is 5.16 Å². The van der Waals surface area contributed by atoms with Crippen molar-refractivity contribution in [3.63, 3.8) is 0 Å². The number of thiophene rings is 1. The first-order valence-corrected chi connectivity index (χ1v) is 10.5. The number of hydrogen-bond acceptors (Lipinski definition) is 6. The SMILES string of the molecule is CCc1ccccc1-n1c(Sc2nc(C)cs2)nnc1-c1cccs1. The summed E-state index contributed by atoms with van der Waals surface area (Å²) in [5, 5.41) is 13.9. The molecule has 0 spiro atoms. The lowest BCUT2D eigenvalue weighted by Gasteiger charge is -2.12. The van der Waals surface area contributed by atoms with E-state index in [-0.39, 0.29) is 0 Å². The maximum atomic E-state index is 4.56. The van der Waals surface area contributed by atoms with E-state index in [9.17, 15) is 0 Å². The van der Waals surface area contributed by atoms with Crippen LogP contribution in [-0.2, 0) is 6.42 Å². The Hall–Kier alpha value is -1.96. The third-order valence-corrected chi connectivity index (χ3v) is 6.63. The largest absolute Gasteiger partial charge is 0.269 e. The highest BCUT2D eigenvalue weighted by Crippen LogP contribution is 2.35. The average Bonchev–Trinajstić information content (AvgIpc) is 3.36. The number of thiazole rings is 1. The second kappa shape index (κ2) is 7.11. The van der Waals surface area contributed by atoms with Crippen molar-refractivity contribution in [2.75, 3.05) is 0 Å². The Bertz CT molecular complexity index is 986. The second-order valence-electron chi connectivity index (χ2n) is 5.46.